The number of nitrogens with one attached hydrogen (secondary N) is 2. The third-order valence-electron chi connectivity index (χ3n) is 4.62. The number of hydrogen-bond donors (Lipinski definition) is 2. The van der Waals surface area contributed by atoms with Crippen LogP contribution in [0.1, 0.15) is 38.5 Å². The van der Waals surface area contributed by atoms with E-state index in [4.69, 9.17) is 0 Å². The highest BCUT2D eigenvalue weighted by Crippen LogP contribution is 2.60. The van der Waals surface area contributed by atoms with Crippen molar-refractivity contribution in [2.24, 2.45) is 17.3 Å². The molecule has 3 nitrogen and oxygen atoms in total. The molecular weight excluding hydrogens is 200 g/mol. The molecule has 1 saturated heterocycles. The Hall–Kier alpha value is -0.570. The zero-order chi connectivity index (χ0) is 11.0. The molecule has 0 aromatic rings. The molecule has 16 heavy (non-hydrogen) atoms. The van der Waals surface area contributed by atoms with E-state index in [-0.39, 0.29) is 5.92 Å². The van der Waals surface area contributed by atoms with Crippen LogP contribution >= 0.6 is 0 Å². The van der Waals surface area contributed by atoms with Crippen LogP contribution in [0.4, 0.5) is 0 Å². The molecule has 1 aliphatic heterocycles. The van der Waals surface area contributed by atoms with Crippen LogP contribution in [0.3, 0.4) is 0 Å². The Kier molecular flexibility index (Phi) is 2.66. The average molecular weight is 222 g/mol. The first-order valence-electron chi connectivity index (χ1n) is 6.79. The third kappa shape index (κ3) is 2.10. The lowest BCUT2D eigenvalue weighted by Gasteiger charge is -2.23. The maximum Gasteiger partial charge on any atom is 0.224 e. The molecule has 3 heteroatoms. The van der Waals surface area contributed by atoms with E-state index in [1.807, 2.05) is 0 Å². The van der Waals surface area contributed by atoms with E-state index in [1.54, 1.807) is 0 Å². The first kappa shape index (κ1) is 10.6. The van der Waals surface area contributed by atoms with Gasteiger partial charge in [-0.3, -0.25) is 4.79 Å². The lowest BCUT2D eigenvalue weighted by atomic mass is 9.97. The Morgan fingerprint density at radius 1 is 1.31 bits per heavy atom. The van der Waals surface area contributed by atoms with Gasteiger partial charge in [0.1, 0.15) is 0 Å². The standard InChI is InChI=1S/C13H22N2O/c16-12(10-2-1-7-14-8-10)15-9-13(5-6-13)11-3-4-11/h10-11,14H,1-9H2,(H,15,16)/t10-/m0/s1. The van der Waals surface area contributed by atoms with E-state index in [0.717, 1.165) is 38.4 Å². The minimum absolute atomic E-state index is 0.226. The molecule has 1 amide bonds. The summed E-state index contributed by atoms with van der Waals surface area (Å²) >= 11 is 0. The summed E-state index contributed by atoms with van der Waals surface area (Å²) < 4.78 is 0. The van der Waals surface area contributed by atoms with Gasteiger partial charge in [-0.25, -0.2) is 0 Å². The van der Waals surface area contributed by atoms with Gasteiger partial charge in [0.05, 0.1) is 5.92 Å². The van der Waals surface area contributed by atoms with Crippen molar-refractivity contribution in [3.05, 3.63) is 0 Å². The first-order chi connectivity index (χ1) is 7.80. The molecule has 3 aliphatic rings. The summed E-state index contributed by atoms with van der Waals surface area (Å²) in [5.74, 6) is 1.46. The normalized spacial score (nSPS) is 32.1. The molecule has 2 N–H and O–H groups in total. The maximum absolute atomic E-state index is 12.0. The summed E-state index contributed by atoms with van der Waals surface area (Å²) in [7, 11) is 0. The quantitative estimate of drug-likeness (QED) is 0.752. The van der Waals surface area contributed by atoms with E-state index in [2.05, 4.69) is 10.6 Å². The monoisotopic (exact) mass is 222 g/mol. The van der Waals surface area contributed by atoms with Crippen molar-refractivity contribution in [2.75, 3.05) is 19.6 Å². The van der Waals surface area contributed by atoms with Crippen molar-refractivity contribution in [3.63, 3.8) is 0 Å². The van der Waals surface area contributed by atoms with E-state index < -0.39 is 0 Å². The number of piperidine rings is 1. The summed E-state index contributed by atoms with van der Waals surface area (Å²) in [6, 6.07) is 0. The molecule has 0 unspecified atom stereocenters. The molecule has 1 heterocycles. The molecular formula is C13H22N2O. The summed E-state index contributed by atoms with van der Waals surface area (Å²) in [6.45, 7) is 2.91. The SMILES string of the molecule is O=C(NCC1(C2CC2)CC1)[C@H]1CCCNC1. The van der Waals surface area contributed by atoms with Gasteiger partial charge in [0.25, 0.3) is 0 Å². The molecule has 0 aromatic carbocycles. The largest absolute Gasteiger partial charge is 0.355 e. The molecule has 3 rings (SSSR count). The van der Waals surface area contributed by atoms with Crippen LogP contribution in [-0.4, -0.2) is 25.5 Å². The van der Waals surface area contributed by atoms with Crippen molar-refractivity contribution < 1.29 is 4.79 Å². The van der Waals surface area contributed by atoms with Gasteiger partial charge in [-0.05, 0) is 56.4 Å². The van der Waals surface area contributed by atoms with Crippen LogP contribution in [0, 0.1) is 17.3 Å². The van der Waals surface area contributed by atoms with Crippen LogP contribution in [-0.2, 0) is 4.79 Å². The van der Waals surface area contributed by atoms with Gasteiger partial charge in [-0.1, -0.05) is 0 Å². The highest BCUT2D eigenvalue weighted by molar-refractivity contribution is 5.79. The van der Waals surface area contributed by atoms with E-state index in [1.165, 1.54) is 25.7 Å². The Balaban J connectivity index is 1.45. The third-order valence-corrected chi connectivity index (χ3v) is 4.62. The second-order valence-corrected chi connectivity index (χ2v) is 5.90. The van der Waals surface area contributed by atoms with Crippen LogP contribution < -0.4 is 10.6 Å². The van der Waals surface area contributed by atoms with Gasteiger partial charge in [-0.15, -0.1) is 0 Å². The molecule has 0 bridgehead atoms. The summed E-state index contributed by atoms with van der Waals surface area (Å²) in [4.78, 5) is 12.0. The zero-order valence-electron chi connectivity index (χ0n) is 9.93. The van der Waals surface area contributed by atoms with Gasteiger partial charge in [0, 0.05) is 13.1 Å². The Labute approximate surface area is 97.4 Å². The van der Waals surface area contributed by atoms with Crippen molar-refractivity contribution >= 4 is 5.91 Å². The van der Waals surface area contributed by atoms with Gasteiger partial charge < -0.3 is 10.6 Å². The fourth-order valence-electron chi connectivity index (χ4n) is 3.07. The number of carbonyl (C=O) groups is 1. The topological polar surface area (TPSA) is 41.1 Å². The van der Waals surface area contributed by atoms with Crippen molar-refractivity contribution in [1.82, 2.24) is 10.6 Å². The number of amides is 1. The predicted molar refractivity (Wildman–Crippen MR) is 63.0 cm³/mol. The van der Waals surface area contributed by atoms with Crippen LogP contribution in [0.5, 0.6) is 0 Å². The molecule has 90 valence electrons. The van der Waals surface area contributed by atoms with Gasteiger partial charge in [-0.2, -0.15) is 0 Å². The summed E-state index contributed by atoms with van der Waals surface area (Å²) in [6.07, 6.45) is 7.71. The van der Waals surface area contributed by atoms with Crippen LogP contribution in [0.25, 0.3) is 0 Å². The molecule has 2 saturated carbocycles. The molecule has 2 aliphatic carbocycles. The summed E-state index contributed by atoms with van der Waals surface area (Å²) in [5.41, 5.74) is 0.539. The van der Waals surface area contributed by atoms with Gasteiger partial charge >= 0.3 is 0 Å². The molecule has 3 fully saturated rings. The number of carbonyl (C=O) groups excluding carboxylic acids is 1. The lowest BCUT2D eigenvalue weighted by Crippen LogP contribution is -2.42. The second-order valence-electron chi connectivity index (χ2n) is 5.90. The zero-order valence-corrected chi connectivity index (χ0v) is 9.93. The highest BCUT2D eigenvalue weighted by Gasteiger charge is 2.53. The van der Waals surface area contributed by atoms with Crippen molar-refractivity contribution in [3.8, 4) is 0 Å². The minimum Gasteiger partial charge on any atom is -0.355 e. The van der Waals surface area contributed by atoms with Crippen molar-refractivity contribution in [2.45, 2.75) is 38.5 Å². The highest BCUT2D eigenvalue weighted by atomic mass is 16.1. The van der Waals surface area contributed by atoms with Crippen molar-refractivity contribution in [1.29, 1.82) is 0 Å². The first-order valence-corrected chi connectivity index (χ1v) is 6.79. The lowest BCUT2D eigenvalue weighted by molar-refractivity contribution is -0.125. The van der Waals surface area contributed by atoms with Crippen LogP contribution in [0.2, 0.25) is 0 Å². The smallest absolute Gasteiger partial charge is 0.224 e. The van der Waals surface area contributed by atoms with E-state index in [0.29, 0.717) is 11.3 Å². The van der Waals surface area contributed by atoms with E-state index in [9.17, 15) is 4.79 Å². The average Bonchev–Trinajstić information content (AvgIpc) is 3.17. The second kappa shape index (κ2) is 4.02. The summed E-state index contributed by atoms with van der Waals surface area (Å²) in [5, 5.41) is 6.50. The number of hydrogen-bond acceptors (Lipinski definition) is 2. The maximum atomic E-state index is 12.0. The Morgan fingerprint density at radius 2 is 2.12 bits per heavy atom. The fourth-order valence-corrected chi connectivity index (χ4v) is 3.07. The fraction of sp³-hybridized carbons (Fsp3) is 0.923. The molecule has 0 spiro atoms. The van der Waals surface area contributed by atoms with E-state index >= 15 is 0 Å². The van der Waals surface area contributed by atoms with Crippen LogP contribution in [0.15, 0.2) is 0 Å². The molecule has 0 aromatic heterocycles. The molecule has 0 radical (unpaired) electrons. The Bertz CT molecular complexity index is 276. The van der Waals surface area contributed by atoms with Gasteiger partial charge in [0.15, 0.2) is 0 Å². The minimum atomic E-state index is 0.226. The Morgan fingerprint density at radius 3 is 2.69 bits per heavy atom. The van der Waals surface area contributed by atoms with Gasteiger partial charge in [0.2, 0.25) is 5.91 Å². The predicted octanol–water partition coefficient (Wildman–Crippen LogP) is 1.29. The molecule has 1 atom stereocenters. The number of rotatable bonds is 4.